The lowest BCUT2D eigenvalue weighted by atomic mass is 10.1. The Hall–Kier alpha value is -1.10. The Morgan fingerprint density at radius 3 is 2.60 bits per heavy atom. The van der Waals surface area contributed by atoms with Gasteiger partial charge in [0, 0.05) is 19.2 Å². The summed E-state index contributed by atoms with van der Waals surface area (Å²) in [5.74, 6) is 0.869. The Bertz CT molecular complexity index is 385. The highest BCUT2D eigenvalue weighted by molar-refractivity contribution is 5.28. The van der Waals surface area contributed by atoms with Crippen LogP contribution in [0, 0.1) is 0 Å². The zero-order valence-corrected chi connectivity index (χ0v) is 12.6. The Balaban J connectivity index is 2.02. The van der Waals surface area contributed by atoms with Gasteiger partial charge < -0.3 is 19.5 Å². The van der Waals surface area contributed by atoms with Gasteiger partial charge in [-0.05, 0) is 24.1 Å². The second-order valence-electron chi connectivity index (χ2n) is 5.45. The van der Waals surface area contributed by atoms with Crippen molar-refractivity contribution >= 4 is 0 Å². The van der Waals surface area contributed by atoms with Crippen LogP contribution in [0.3, 0.4) is 0 Å². The molecule has 1 saturated heterocycles. The summed E-state index contributed by atoms with van der Waals surface area (Å²) in [6.45, 7) is 6.60. The molecule has 2 rings (SSSR count). The molecule has 0 aromatic heterocycles. The lowest BCUT2D eigenvalue weighted by molar-refractivity contribution is -0.0172. The van der Waals surface area contributed by atoms with E-state index in [-0.39, 0.29) is 12.2 Å². The molecule has 0 saturated carbocycles. The highest BCUT2D eigenvalue weighted by Crippen LogP contribution is 2.24. The van der Waals surface area contributed by atoms with Gasteiger partial charge in [-0.15, -0.1) is 0 Å². The lowest BCUT2D eigenvalue weighted by Crippen LogP contribution is -2.31. The second kappa shape index (κ2) is 7.62. The number of hydrogen-bond donors (Lipinski definition) is 1. The normalized spacial score (nSPS) is 20.3. The van der Waals surface area contributed by atoms with E-state index in [2.05, 4.69) is 31.3 Å². The summed E-state index contributed by atoms with van der Waals surface area (Å²) < 4.78 is 16.8. The lowest BCUT2D eigenvalue weighted by Gasteiger charge is -2.23. The topological polar surface area (TPSA) is 39.7 Å². The molecule has 112 valence electrons. The van der Waals surface area contributed by atoms with Crippen LogP contribution in [-0.4, -0.2) is 39.0 Å². The van der Waals surface area contributed by atoms with Gasteiger partial charge in [-0.1, -0.05) is 26.0 Å². The van der Waals surface area contributed by atoms with E-state index >= 15 is 0 Å². The maximum atomic E-state index is 6.19. The fourth-order valence-electron chi connectivity index (χ4n) is 2.26. The zero-order valence-electron chi connectivity index (χ0n) is 12.6. The summed E-state index contributed by atoms with van der Waals surface area (Å²) in [7, 11) is 1.68. The minimum atomic E-state index is 0.0509. The molecular weight excluding hydrogens is 254 g/mol. The average molecular weight is 279 g/mol. The van der Waals surface area contributed by atoms with E-state index in [9.17, 15) is 0 Å². The third-order valence-corrected chi connectivity index (χ3v) is 3.44. The van der Waals surface area contributed by atoms with Gasteiger partial charge in [0.15, 0.2) is 0 Å². The van der Waals surface area contributed by atoms with Gasteiger partial charge in [0.05, 0.1) is 25.9 Å². The number of ether oxygens (including phenoxy) is 3. The number of methoxy groups -OCH3 is 1. The fraction of sp³-hybridized carbons (Fsp3) is 0.625. The molecule has 1 aromatic carbocycles. The summed E-state index contributed by atoms with van der Waals surface area (Å²) in [4.78, 5) is 0. The van der Waals surface area contributed by atoms with Crippen molar-refractivity contribution < 1.29 is 14.2 Å². The summed E-state index contributed by atoms with van der Waals surface area (Å²) in [5.41, 5.74) is 1.17. The van der Waals surface area contributed by atoms with Crippen molar-refractivity contribution in [1.82, 2.24) is 5.32 Å². The van der Waals surface area contributed by atoms with Crippen LogP contribution >= 0.6 is 0 Å². The van der Waals surface area contributed by atoms with Gasteiger partial charge >= 0.3 is 0 Å². The Labute approximate surface area is 121 Å². The van der Waals surface area contributed by atoms with Crippen LogP contribution in [0.5, 0.6) is 5.75 Å². The minimum Gasteiger partial charge on any atom is -0.497 e. The van der Waals surface area contributed by atoms with Gasteiger partial charge in [0.25, 0.3) is 0 Å². The molecule has 4 nitrogen and oxygen atoms in total. The molecule has 1 heterocycles. The van der Waals surface area contributed by atoms with Crippen molar-refractivity contribution in [3.05, 3.63) is 29.8 Å². The fourth-order valence-corrected chi connectivity index (χ4v) is 2.26. The van der Waals surface area contributed by atoms with E-state index in [4.69, 9.17) is 14.2 Å². The molecule has 1 fully saturated rings. The first-order valence-corrected chi connectivity index (χ1v) is 7.29. The molecule has 0 bridgehead atoms. The maximum absolute atomic E-state index is 6.19. The summed E-state index contributed by atoms with van der Waals surface area (Å²) >= 11 is 0. The molecule has 1 aliphatic heterocycles. The van der Waals surface area contributed by atoms with E-state index in [1.807, 2.05) is 12.1 Å². The van der Waals surface area contributed by atoms with Crippen LogP contribution in [0.15, 0.2) is 24.3 Å². The van der Waals surface area contributed by atoms with Gasteiger partial charge in [-0.2, -0.15) is 0 Å². The van der Waals surface area contributed by atoms with Crippen LogP contribution in [0.4, 0.5) is 0 Å². The molecule has 0 aliphatic carbocycles. The van der Waals surface area contributed by atoms with Crippen molar-refractivity contribution in [3.8, 4) is 5.75 Å². The van der Waals surface area contributed by atoms with Crippen molar-refractivity contribution in [2.24, 2.45) is 0 Å². The standard InChI is InChI=1S/C16H25NO3/c1-12(2)17-10-16(20-15-8-9-19-11-15)13-4-6-14(18-3)7-5-13/h4-7,12,15-17H,8-11H2,1-3H3. The monoisotopic (exact) mass is 279 g/mol. The molecule has 4 heteroatoms. The molecule has 20 heavy (non-hydrogen) atoms. The predicted molar refractivity (Wildman–Crippen MR) is 79.2 cm³/mol. The quantitative estimate of drug-likeness (QED) is 0.832. The van der Waals surface area contributed by atoms with Gasteiger partial charge in [0.2, 0.25) is 0 Å². The van der Waals surface area contributed by atoms with E-state index in [0.717, 1.165) is 25.3 Å². The number of nitrogens with one attached hydrogen (secondary N) is 1. The summed E-state index contributed by atoms with van der Waals surface area (Å²) in [6, 6.07) is 8.54. The predicted octanol–water partition coefficient (Wildman–Crippen LogP) is 2.54. The van der Waals surface area contributed by atoms with Crippen LogP contribution < -0.4 is 10.1 Å². The van der Waals surface area contributed by atoms with E-state index in [1.54, 1.807) is 7.11 Å². The minimum absolute atomic E-state index is 0.0509. The Morgan fingerprint density at radius 1 is 1.30 bits per heavy atom. The highest BCUT2D eigenvalue weighted by atomic mass is 16.6. The largest absolute Gasteiger partial charge is 0.497 e. The first kappa shape index (κ1) is 15.3. The average Bonchev–Trinajstić information content (AvgIpc) is 2.96. The Morgan fingerprint density at radius 2 is 2.05 bits per heavy atom. The molecule has 1 aromatic rings. The van der Waals surface area contributed by atoms with Gasteiger partial charge in [-0.3, -0.25) is 0 Å². The molecule has 2 atom stereocenters. The van der Waals surface area contributed by atoms with Crippen LogP contribution in [0.2, 0.25) is 0 Å². The Kier molecular flexibility index (Phi) is 5.83. The smallest absolute Gasteiger partial charge is 0.118 e. The third kappa shape index (κ3) is 4.47. The van der Waals surface area contributed by atoms with Crippen LogP contribution in [0.25, 0.3) is 0 Å². The zero-order chi connectivity index (χ0) is 14.4. The molecule has 0 spiro atoms. The first-order chi connectivity index (χ1) is 9.69. The van der Waals surface area contributed by atoms with E-state index in [1.165, 1.54) is 5.56 Å². The molecule has 1 aliphatic rings. The molecule has 1 N–H and O–H groups in total. The first-order valence-electron chi connectivity index (χ1n) is 7.29. The number of rotatable bonds is 7. The van der Waals surface area contributed by atoms with Crippen molar-refractivity contribution in [3.63, 3.8) is 0 Å². The summed E-state index contributed by atoms with van der Waals surface area (Å²) in [6.07, 6.45) is 1.24. The van der Waals surface area contributed by atoms with E-state index < -0.39 is 0 Å². The van der Waals surface area contributed by atoms with Crippen LogP contribution in [-0.2, 0) is 9.47 Å². The number of benzene rings is 1. The molecular formula is C16H25NO3. The van der Waals surface area contributed by atoms with Crippen molar-refractivity contribution in [2.45, 2.75) is 38.5 Å². The second-order valence-corrected chi connectivity index (χ2v) is 5.45. The molecule has 0 amide bonds. The summed E-state index contributed by atoms with van der Waals surface area (Å²) in [5, 5.41) is 3.45. The SMILES string of the molecule is COc1ccc(C(CNC(C)C)OC2CCOC2)cc1. The van der Waals surface area contributed by atoms with Gasteiger partial charge in [-0.25, -0.2) is 0 Å². The third-order valence-electron chi connectivity index (χ3n) is 3.44. The number of hydrogen-bond acceptors (Lipinski definition) is 4. The van der Waals surface area contributed by atoms with Gasteiger partial charge in [0.1, 0.15) is 5.75 Å². The van der Waals surface area contributed by atoms with Crippen LogP contribution in [0.1, 0.15) is 31.9 Å². The highest BCUT2D eigenvalue weighted by Gasteiger charge is 2.22. The van der Waals surface area contributed by atoms with Crippen molar-refractivity contribution in [2.75, 3.05) is 26.9 Å². The molecule has 0 radical (unpaired) electrons. The maximum Gasteiger partial charge on any atom is 0.118 e. The van der Waals surface area contributed by atoms with Crippen molar-refractivity contribution in [1.29, 1.82) is 0 Å². The van der Waals surface area contributed by atoms with E-state index in [0.29, 0.717) is 12.6 Å². The molecule has 2 unspecified atom stereocenters.